The van der Waals surface area contributed by atoms with Crippen molar-refractivity contribution in [1.82, 2.24) is 9.55 Å². The molecule has 0 radical (unpaired) electrons. The van der Waals surface area contributed by atoms with Crippen LogP contribution in [0.15, 0.2) is 47.3 Å². The fraction of sp³-hybridized carbons (Fsp3) is 0.167. The second-order valence-corrected chi connectivity index (χ2v) is 5.77. The Labute approximate surface area is 148 Å². The van der Waals surface area contributed by atoms with Gasteiger partial charge in [-0.1, -0.05) is 18.2 Å². The molecule has 0 amide bonds. The predicted molar refractivity (Wildman–Crippen MR) is 96.8 cm³/mol. The molecule has 0 aliphatic carbocycles. The van der Waals surface area contributed by atoms with Crippen LogP contribution in [0.1, 0.15) is 15.9 Å². The zero-order chi connectivity index (χ0) is 18.0. The van der Waals surface area contributed by atoms with Crippen molar-refractivity contribution < 1.29 is 14.3 Å². The number of carbonyl (C=O) groups is 1. The minimum absolute atomic E-state index is 0.235. The van der Waals surface area contributed by atoms with Gasteiger partial charge in [0, 0.05) is 5.56 Å². The maximum Gasteiger partial charge on any atom is 0.337 e. The van der Waals surface area contributed by atoms with Crippen molar-refractivity contribution in [2.45, 2.75) is 6.54 Å². The van der Waals surface area contributed by atoms with E-state index in [9.17, 15) is 9.59 Å². The van der Waals surface area contributed by atoms with Gasteiger partial charge in [0.1, 0.15) is 5.75 Å². The number of ether oxygens (including phenoxy) is 2. The lowest BCUT2D eigenvalue weighted by Gasteiger charge is -2.11. The molecule has 0 saturated heterocycles. The maximum atomic E-state index is 12.8. The zero-order valence-electron chi connectivity index (χ0n) is 13.7. The molecule has 1 N–H and O–H groups in total. The summed E-state index contributed by atoms with van der Waals surface area (Å²) >= 11 is 5.33. The molecule has 1 aromatic heterocycles. The Morgan fingerprint density at radius 3 is 2.68 bits per heavy atom. The van der Waals surface area contributed by atoms with Crippen LogP contribution < -0.4 is 10.3 Å². The van der Waals surface area contributed by atoms with E-state index in [0.717, 1.165) is 5.56 Å². The van der Waals surface area contributed by atoms with E-state index in [4.69, 9.17) is 21.7 Å². The fourth-order valence-electron chi connectivity index (χ4n) is 2.65. The van der Waals surface area contributed by atoms with Crippen LogP contribution in [0.3, 0.4) is 0 Å². The molecular weight excluding hydrogens is 340 g/mol. The number of fused-ring (bicyclic) bond motifs is 1. The highest BCUT2D eigenvalue weighted by Crippen LogP contribution is 2.19. The summed E-state index contributed by atoms with van der Waals surface area (Å²) < 4.78 is 11.8. The van der Waals surface area contributed by atoms with Crippen molar-refractivity contribution in [1.29, 1.82) is 0 Å². The number of nitrogens with one attached hydrogen (secondary N) is 1. The van der Waals surface area contributed by atoms with Gasteiger partial charge in [-0.15, -0.1) is 0 Å². The minimum atomic E-state index is -0.473. The number of hydrogen-bond donors (Lipinski definition) is 1. The Balaban J connectivity index is 2.13. The first-order valence-corrected chi connectivity index (χ1v) is 7.93. The molecule has 1 heterocycles. The topological polar surface area (TPSA) is 73.3 Å². The van der Waals surface area contributed by atoms with Crippen LogP contribution in [-0.4, -0.2) is 29.7 Å². The van der Waals surface area contributed by atoms with Gasteiger partial charge in [0.25, 0.3) is 5.56 Å². The Morgan fingerprint density at radius 1 is 1.20 bits per heavy atom. The molecule has 7 heteroatoms. The molecule has 2 aromatic carbocycles. The molecule has 3 rings (SSSR count). The Morgan fingerprint density at radius 2 is 1.96 bits per heavy atom. The largest absolute Gasteiger partial charge is 0.496 e. The smallest absolute Gasteiger partial charge is 0.337 e. The first-order valence-electron chi connectivity index (χ1n) is 7.52. The van der Waals surface area contributed by atoms with Gasteiger partial charge in [-0.25, -0.2) is 4.79 Å². The summed E-state index contributed by atoms with van der Waals surface area (Å²) in [4.78, 5) is 27.5. The third kappa shape index (κ3) is 3.18. The van der Waals surface area contributed by atoms with Crippen molar-refractivity contribution in [3.8, 4) is 5.75 Å². The quantitative estimate of drug-likeness (QED) is 0.575. The molecule has 0 bridgehead atoms. The number of benzene rings is 2. The monoisotopic (exact) mass is 356 g/mol. The molecule has 0 atom stereocenters. The number of esters is 1. The van der Waals surface area contributed by atoms with Crippen LogP contribution in [-0.2, 0) is 11.3 Å². The van der Waals surface area contributed by atoms with E-state index in [1.807, 2.05) is 24.3 Å². The number of nitrogens with zero attached hydrogens (tertiary/aromatic N) is 1. The van der Waals surface area contributed by atoms with E-state index in [2.05, 4.69) is 4.98 Å². The molecule has 0 saturated carbocycles. The van der Waals surface area contributed by atoms with Crippen molar-refractivity contribution in [3.05, 3.63) is 68.7 Å². The van der Waals surface area contributed by atoms with Crippen LogP contribution in [0.25, 0.3) is 10.9 Å². The van der Waals surface area contributed by atoms with E-state index in [1.165, 1.54) is 11.7 Å². The first kappa shape index (κ1) is 16.9. The second kappa shape index (κ2) is 6.90. The molecule has 25 heavy (non-hydrogen) atoms. The maximum absolute atomic E-state index is 12.8. The van der Waals surface area contributed by atoms with Gasteiger partial charge in [0.2, 0.25) is 0 Å². The lowest BCUT2D eigenvalue weighted by atomic mass is 10.1. The van der Waals surface area contributed by atoms with Crippen LogP contribution in [0.2, 0.25) is 0 Å². The summed E-state index contributed by atoms with van der Waals surface area (Å²) in [5, 5.41) is 0.441. The van der Waals surface area contributed by atoms with E-state index >= 15 is 0 Å². The predicted octanol–water partition coefficient (Wildman–Crippen LogP) is 2.90. The number of carbonyl (C=O) groups excluding carboxylic acids is 1. The van der Waals surface area contributed by atoms with E-state index < -0.39 is 5.97 Å². The van der Waals surface area contributed by atoms with E-state index in [1.54, 1.807) is 25.3 Å². The number of hydrogen-bond acceptors (Lipinski definition) is 5. The van der Waals surface area contributed by atoms with Gasteiger partial charge >= 0.3 is 5.97 Å². The van der Waals surface area contributed by atoms with Crippen LogP contribution in [0.4, 0.5) is 0 Å². The summed E-state index contributed by atoms with van der Waals surface area (Å²) in [6.07, 6.45) is 0. The molecule has 128 valence electrons. The van der Waals surface area contributed by atoms with E-state index in [-0.39, 0.29) is 16.9 Å². The van der Waals surface area contributed by atoms with Gasteiger partial charge in [0.05, 0.1) is 37.2 Å². The highest BCUT2D eigenvalue weighted by atomic mass is 32.1. The van der Waals surface area contributed by atoms with Gasteiger partial charge in [-0.05, 0) is 36.5 Å². The Kier molecular flexibility index (Phi) is 4.67. The number of methoxy groups -OCH3 is 2. The number of para-hydroxylation sites is 1. The SMILES string of the molecule is COC(=O)c1ccc2c(=O)n(Cc3ccccc3OC)c(=S)[nH]c2c1. The average Bonchev–Trinajstić information content (AvgIpc) is 2.64. The van der Waals surface area contributed by atoms with Crippen molar-refractivity contribution >= 4 is 29.1 Å². The van der Waals surface area contributed by atoms with Gasteiger partial charge in [-0.3, -0.25) is 9.36 Å². The lowest BCUT2D eigenvalue weighted by Crippen LogP contribution is -2.23. The standard InChI is InChI=1S/C18H16N2O4S/c1-23-15-6-4-3-5-12(15)10-20-16(21)13-8-7-11(17(22)24-2)9-14(13)19-18(20)25/h3-9H,10H2,1-2H3,(H,19,25). The highest BCUT2D eigenvalue weighted by molar-refractivity contribution is 7.71. The second-order valence-electron chi connectivity index (χ2n) is 5.39. The Bertz CT molecular complexity index is 1070. The van der Waals surface area contributed by atoms with Crippen LogP contribution >= 0.6 is 12.2 Å². The lowest BCUT2D eigenvalue weighted by molar-refractivity contribution is 0.0601. The van der Waals surface area contributed by atoms with Crippen molar-refractivity contribution in [2.75, 3.05) is 14.2 Å². The third-order valence-electron chi connectivity index (χ3n) is 3.92. The number of rotatable bonds is 4. The van der Waals surface area contributed by atoms with E-state index in [0.29, 0.717) is 22.2 Å². The average molecular weight is 356 g/mol. The highest BCUT2D eigenvalue weighted by Gasteiger charge is 2.12. The molecule has 0 spiro atoms. The van der Waals surface area contributed by atoms with Crippen LogP contribution in [0.5, 0.6) is 5.75 Å². The zero-order valence-corrected chi connectivity index (χ0v) is 14.6. The summed E-state index contributed by atoms with van der Waals surface area (Å²) in [5.41, 5.74) is 1.45. The third-order valence-corrected chi connectivity index (χ3v) is 4.25. The molecular formula is C18H16N2O4S. The Hall–Kier alpha value is -2.93. The number of aromatic amines is 1. The molecule has 0 fully saturated rings. The fourth-order valence-corrected chi connectivity index (χ4v) is 2.90. The molecule has 3 aromatic rings. The first-order chi connectivity index (χ1) is 12.0. The van der Waals surface area contributed by atoms with Gasteiger partial charge < -0.3 is 14.5 Å². The minimum Gasteiger partial charge on any atom is -0.496 e. The number of H-pyrrole nitrogens is 1. The summed E-state index contributed by atoms with van der Waals surface area (Å²) in [7, 11) is 2.89. The summed E-state index contributed by atoms with van der Waals surface area (Å²) in [6.45, 7) is 0.285. The van der Waals surface area contributed by atoms with Crippen molar-refractivity contribution in [2.24, 2.45) is 0 Å². The van der Waals surface area contributed by atoms with Gasteiger partial charge in [-0.2, -0.15) is 0 Å². The van der Waals surface area contributed by atoms with Crippen molar-refractivity contribution in [3.63, 3.8) is 0 Å². The summed E-state index contributed by atoms with van der Waals surface area (Å²) in [6, 6.07) is 12.2. The van der Waals surface area contributed by atoms with Crippen LogP contribution in [0, 0.1) is 4.77 Å². The molecule has 0 aliphatic rings. The molecule has 0 unspecified atom stereocenters. The van der Waals surface area contributed by atoms with Gasteiger partial charge in [0.15, 0.2) is 4.77 Å². The molecule has 0 aliphatic heterocycles. The summed E-state index contributed by atoms with van der Waals surface area (Å²) in [5.74, 6) is 0.212. The normalized spacial score (nSPS) is 10.6. The number of aromatic nitrogens is 2. The molecule has 6 nitrogen and oxygen atoms in total.